The minimum Gasteiger partial charge on any atom is -0.485 e. The topological polar surface area (TPSA) is 56.8 Å². The normalized spacial score (nSPS) is 16.4. The summed E-state index contributed by atoms with van der Waals surface area (Å²) in [7, 11) is 0. The van der Waals surface area contributed by atoms with Crippen LogP contribution in [0.4, 0.5) is 18.9 Å². The Morgan fingerprint density at radius 1 is 1.12 bits per heavy atom. The van der Waals surface area contributed by atoms with E-state index in [1.165, 1.54) is 12.1 Å². The number of para-hydroxylation sites is 2. The van der Waals surface area contributed by atoms with Gasteiger partial charge in [0.25, 0.3) is 5.91 Å². The van der Waals surface area contributed by atoms with Crippen LogP contribution in [0.3, 0.4) is 0 Å². The quantitative estimate of drug-likeness (QED) is 0.932. The standard InChI is InChI=1S/C16H12F3NO4/c17-16(18,19)24-11-5-3-4-10(8-11)20-15(21)14-9-22-12-6-1-2-7-13(12)23-14/h1-8,14H,9H2,(H,20,21)/t14-/m0/s1. The second-order valence-corrected chi connectivity index (χ2v) is 4.93. The van der Waals surface area contributed by atoms with Crippen LogP contribution in [-0.4, -0.2) is 25.0 Å². The molecular weight excluding hydrogens is 327 g/mol. The monoisotopic (exact) mass is 339 g/mol. The van der Waals surface area contributed by atoms with Gasteiger partial charge in [-0.15, -0.1) is 13.2 Å². The van der Waals surface area contributed by atoms with Crippen LogP contribution in [0, 0.1) is 0 Å². The van der Waals surface area contributed by atoms with E-state index in [1.54, 1.807) is 24.3 Å². The van der Waals surface area contributed by atoms with E-state index in [9.17, 15) is 18.0 Å². The third-order valence-electron chi connectivity index (χ3n) is 3.14. The van der Waals surface area contributed by atoms with Crippen LogP contribution in [0.15, 0.2) is 48.5 Å². The number of hydrogen-bond donors (Lipinski definition) is 1. The maximum Gasteiger partial charge on any atom is 0.573 e. The smallest absolute Gasteiger partial charge is 0.485 e. The van der Waals surface area contributed by atoms with Crippen LogP contribution in [0.1, 0.15) is 0 Å². The molecule has 1 heterocycles. The predicted molar refractivity (Wildman–Crippen MR) is 78.1 cm³/mol. The molecule has 0 fully saturated rings. The summed E-state index contributed by atoms with van der Waals surface area (Å²) in [6, 6.07) is 11.9. The van der Waals surface area contributed by atoms with Crippen molar-refractivity contribution in [2.45, 2.75) is 12.5 Å². The summed E-state index contributed by atoms with van der Waals surface area (Å²) in [6.45, 7) is 0.00158. The first-order chi connectivity index (χ1) is 11.4. The Labute approximate surface area is 134 Å². The zero-order valence-electron chi connectivity index (χ0n) is 12.2. The second-order valence-electron chi connectivity index (χ2n) is 4.93. The Balaban J connectivity index is 1.66. The molecule has 0 radical (unpaired) electrons. The van der Waals surface area contributed by atoms with Crippen molar-refractivity contribution in [1.29, 1.82) is 0 Å². The van der Waals surface area contributed by atoms with E-state index >= 15 is 0 Å². The van der Waals surface area contributed by atoms with E-state index in [-0.39, 0.29) is 12.3 Å². The Morgan fingerprint density at radius 3 is 2.62 bits per heavy atom. The Morgan fingerprint density at radius 2 is 1.88 bits per heavy atom. The van der Waals surface area contributed by atoms with Crippen molar-refractivity contribution in [3.8, 4) is 17.2 Å². The van der Waals surface area contributed by atoms with E-state index in [1.807, 2.05) is 0 Å². The van der Waals surface area contributed by atoms with E-state index < -0.39 is 24.1 Å². The van der Waals surface area contributed by atoms with Crippen molar-refractivity contribution in [1.82, 2.24) is 0 Å². The molecule has 0 unspecified atom stereocenters. The lowest BCUT2D eigenvalue weighted by molar-refractivity contribution is -0.274. The molecule has 0 aliphatic carbocycles. The largest absolute Gasteiger partial charge is 0.573 e. The number of benzene rings is 2. The van der Waals surface area contributed by atoms with Crippen LogP contribution >= 0.6 is 0 Å². The predicted octanol–water partition coefficient (Wildman–Crippen LogP) is 3.36. The number of halogens is 3. The van der Waals surface area contributed by atoms with Gasteiger partial charge in [-0.1, -0.05) is 18.2 Å². The lowest BCUT2D eigenvalue weighted by Crippen LogP contribution is -2.40. The summed E-state index contributed by atoms with van der Waals surface area (Å²) in [6.07, 6.45) is -5.71. The summed E-state index contributed by atoms with van der Waals surface area (Å²) in [4.78, 5) is 12.2. The number of ether oxygens (including phenoxy) is 3. The number of fused-ring (bicyclic) bond motifs is 1. The van der Waals surface area contributed by atoms with Gasteiger partial charge >= 0.3 is 6.36 Å². The summed E-state index contributed by atoms with van der Waals surface area (Å²) in [5.74, 6) is 0.000278. The molecule has 1 N–H and O–H groups in total. The third kappa shape index (κ3) is 3.89. The first-order valence-corrected chi connectivity index (χ1v) is 6.96. The number of amides is 1. The van der Waals surface area contributed by atoms with Crippen LogP contribution in [0.5, 0.6) is 17.2 Å². The van der Waals surface area contributed by atoms with Crippen molar-refractivity contribution in [2.75, 3.05) is 11.9 Å². The number of anilines is 1. The molecule has 0 saturated heterocycles. The zero-order chi connectivity index (χ0) is 17.2. The Kier molecular flexibility index (Phi) is 4.20. The van der Waals surface area contributed by atoms with E-state index in [0.29, 0.717) is 11.5 Å². The molecule has 0 saturated carbocycles. The molecular formula is C16H12F3NO4. The molecule has 3 rings (SSSR count). The second kappa shape index (κ2) is 6.31. The van der Waals surface area contributed by atoms with Gasteiger partial charge in [-0.25, -0.2) is 0 Å². The number of carbonyl (C=O) groups excluding carboxylic acids is 1. The molecule has 5 nitrogen and oxygen atoms in total. The molecule has 2 aromatic carbocycles. The van der Waals surface area contributed by atoms with Gasteiger partial charge < -0.3 is 19.5 Å². The van der Waals surface area contributed by atoms with Gasteiger partial charge in [-0.05, 0) is 24.3 Å². The maximum atomic E-state index is 12.2. The van der Waals surface area contributed by atoms with Gasteiger partial charge in [-0.3, -0.25) is 4.79 Å². The van der Waals surface area contributed by atoms with Crippen LogP contribution in [0.25, 0.3) is 0 Å². The lowest BCUT2D eigenvalue weighted by atomic mass is 10.2. The summed E-state index contributed by atoms with van der Waals surface area (Å²) in [5, 5.41) is 2.48. The van der Waals surface area contributed by atoms with E-state index in [4.69, 9.17) is 9.47 Å². The number of hydrogen-bond acceptors (Lipinski definition) is 4. The number of nitrogens with one attached hydrogen (secondary N) is 1. The average Bonchev–Trinajstić information content (AvgIpc) is 2.53. The number of rotatable bonds is 3. The zero-order valence-corrected chi connectivity index (χ0v) is 12.2. The minimum atomic E-state index is -4.80. The summed E-state index contributed by atoms with van der Waals surface area (Å²) in [5.41, 5.74) is 0.157. The first kappa shape index (κ1) is 16.0. The van der Waals surface area contributed by atoms with Gasteiger partial charge in [0.2, 0.25) is 6.10 Å². The number of carbonyl (C=O) groups is 1. The molecule has 0 bridgehead atoms. The molecule has 0 aromatic heterocycles. The molecule has 126 valence electrons. The van der Waals surface area contributed by atoms with Gasteiger partial charge in [-0.2, -0.15) is 0 Å². The summed E-state index contributed by atoms with van der Waals surface area (Å²) >= 11 is 0. The van der Waals surface area contributed by atoms with Crippen LogP contribution in [0.2, 0.25) is 0 Å². The van der Waals surface area contributed by atoms with Crippen molar-refractivity contribution in [3.05, 3.63) is 48.5 Å². The van der Waals surface area contributed by atoms with Gasteiger partial charge in [0.1, 0.15) is 12.4 Å². The molecule has 1 aliphatic rings. The van der Waals surface area contributed by atoms with E-state index in [2.05, 4.69) is 10.1 Å². The highest BCUT2D eigenvalue weighted by Crippen LogP contribution is 2.31. The fourth-order valence-corrected chi connectivity index (χ4v) is 2.14. The fourth-order valence-electron chi connectivity index (χ4n) is 2.14. The van der Waals surface area contributed by atoms with Gasteiger partial charge in [0.15, 0.2) is 11.5 Å². The van der Waals surface area contributed by atoms with Crippen molar-refractivity contribution in [3.63, 3.8) is 0 Å². The highest BCUT2D eigenvalue weighted by molar-refractivity contribution is 5.94. The molecule has 1 aliphatic heterocycles. The highest BCUT2D eigenvalue weighted by atomic mass is 19.4. The highest BCUT2D eigenvalue weighted by Gasteiger charge is 2.31. The molecule has 1 amide bonds. The van der Waals surface area contributed by atoms with Crippen LogP contribution in [-0.2, 0) is 4.79 Å². The van der Waals surface area contributed by atoms with E-state index in [0.717, 1.165) is 12.1 Å². The van der Waals surface area contributed by atoms with Crippen molar-refractivity contribution < 1.29 is 32.2 Å². The van der Waals surface area contributed by atoms with Crippen molar-refractivity contribution >= 4 is 11.6 Å². The van der Waals surface area contributed by atoms with Crippen molar-refractivity contribution in [2.24, 2.45) is 0 Å². The molecule has 8 heteroatoms. The Bertz CT molecular complexity index is 748. The first-order valence-electron chi connectivity index (χ1n) is 6.96. The molecule has 1 atom stereocenters. The minimum absolute atomic E-state index is 0.00158. The average molecular weight is 339 g/mol. The summed E-state index contributed by atoms with van der Waals surface area (Å²) < 4.78 is 51.4. The molecule has 2 aromatic rings. The molecule has 0 spiro atoms. The van der Waals surface area contributed by atoms with Gasteiger partial charge in [0.05, 0.1) is 0 Å². The fraction of sp³-hybridized carbons (Fsp3) is 0.188. The van der Waals surface area contributed by atoms with Crippen LogP contribution < -0.4 is 19.5 Å². The van der Waals surface area contributed by atoms with Gasteiger partial charge in [0, 0.05) is 11.8 Å². The SMILES string of the molecule is O=C(Nc1cccc(OC(F)(F)F)c1)[C@@H]1COc2ccccc2O1. The third-order valence-corrected chi connectivity index (χ3v) is 3.14. The molecule has 24 heavy (non-hydrogen) atoms. The lowest BCUT2D eigenvalue weighted by Gasteiger charge is -2.25. The number of alkyl halides is 3. The Hall–Kier alpha value is -2.90. The maximum absolute atomic E-state index is 12.2.